The van der Waals surface area contributed by atoms with Crippen LogP contribution >= 0.6 is 11.3 Å². The number of carbonyl (C=O) groups is 2. The Bertz CT molecular complexity index is 515. The van der Waals surface area contributed by atoms with Gasteiger partial charge in [0.05, 0.1) is 7.11 Å². The SMILES string of the molecule is CCNC=C(C(=O)C=Cc1cc(C)cs1)C(=O)OC. The van der Waals surface area contributed by atoms with Crippen molar-refractivity contribution in [2.45, 2.75) is 13.8 Å². The lowest BCUT2D eigenvalue weighted by molar-refractivity contribution is -0.137. The summed E-state index contributed by atoms with van der Waals surface area (Å²) < 4.78 is 4.59. The highest BCUT2D eigenvalue weighted by Crippen LogP contribution is 2.15. The molecule has 5 heteroatoms. The van der Waals surface area contributed by atoms with Crippen molar-refractivity contribution in [3.8, 4) is 0 Å². The Morgan fingerprint density at radius 2 is 2.21 bits per heavy atom. The molecule has 1 aromatic rings. The van der Waals surface area contributed by atoms with Crippen molar-refractivity contribution in [2.75, 3.05) is 13.7 Å². The van der Waals surface area contributed by atoms with E-state index in [-0.39, 0.29) is 11.4 Å². The molecule has 19 heavy (non-hydrogen) atoms. The predicted molar refractivity (Wildman–Crippen MR) is 76.9 cm³/mol. The van der Waals surface area contributed by atoms with E-state index >= 15 is 0 Å². The van der Waals surface area contributed by atoms with Crippen molar-refractivity contribution in [2.24, 2.45) is 0 Å². The summed E-state index contributed by atoms with van der Waals surface area (Å²) in [5.74, 6) is -1.02. The van der Waals surface area contributed by atoms with E-state index in [1.807, 2.05) is 25.3 Å². The van der Waals surface area contributed by atoms with Crippen LogP contribution in [-0.4, -0.2) is 25.4 Å². The van der Waals surface area contributed by atoms with Crippen molar-refractivity contribution < 1.29 is 14.3 Å². The summed E-state index contributed by atoms with van der Waals surface area (Å²) in [6, 6.07) is 1.97. The number of hydrogen-bond donors (Lipinski definition) is 1. The first-order valence-corrected chi connectivity index (χ1v) is 6.75. The third kappa shape index (κ3) is 4.71. The Morgan fingerprint density at radius 3 is 2.74 bits per heavy atom. The molecule has 4 nitrogen and oxygen atoms in total. The molecule has 0 saturated carbocycles. The van der Waals surface area contributed by atoms with Crippen LogP contribution in [-0.2, 0) is 14.3 Å². The fourth-order valence-corrected chi connectivity index (χ4v) is 2.12. The number of methoxy groups -OCH3 is 1. The fraction of sp³-hybridized carbons (Fsp3) is 0.286. The lowest BCUT2D eigenvalue weighted by atomic mass is 10.1. The van der Waals surface area contributed by atoms with Crippen molar-refractivity contribution in [1.29, 1.82) is 0 Å². The maximum absolute atomic E-state index is 11.9. The number of allylic oxidation sites excluding steroid dienone is 1. The van der Waals surface area contributed by atoms with Crippen LogP contribution in [0.1, 0.15) is 17.4 Å². The topological polar surface area (TPSA) is 55.4 Å². The number of aryl methyl sites for hydroxylation is 1. The van der Waals surface area contributed by atoms with Gasteiger partial charge in [-0.15, -0.1) is 11.3 Å². The van der Waals surface area contributed by atoms with Gasteiger partial charge in [0.1, 0.15) is 5.57 Å². The second-order valence-electron chi connectivity index (χ2n) is 3.83. The number of esters is 1. The van der Waals surface area contributed by atoms with E-state index in [0.29, 0.717) is 6.54 Å². The van der Waals surface area contributed by atoms with Crippen molar-refractivity contribution in [1.82, 2.24) is 5.32 Å². The lowest BCUT2D eigenvalue weighted by Gasteiger charge is -2.02. The summed E-state index contributed by atoms with van der Waals surface area (Å²) in [5, 5.41) is 4.83. The molecule has 0 amide bonds. The summed E-state index contributed by atoms with van der Waals surface area (Å²) in [7, 11) is 1.25. The van der Waals surface area contributed by atoms with E-state index in [2.05, 4.69) is 10.1 Å². The number of carbonyl (C=O) groups excluding carboxylic acids is 2. The molecule has 0 unspecified atom stereocenters. The Kier molecular flexibility index (Phi) is 6.02. The van der Waals surface area contributed by atoms with Crippen LogP contribution in [0.25, 0.3) is 6.08 Å². The number of nitrogens with one attached hydrogen (secondary N) is 1. The molecule has 0 spiro atoms. The highest BCUT2D eigenvalue weighted by atomic mass is 32.1. The summed E-state index contributed by atoms with van der Waals surface area (Å²) in [6.07, 6.45) is 4.46. The largest absolute Gasteiger partial charge is 0.465 e. The van der Waals surface area contributed by atoms with Gasteiger partial charge in [0, 0.05) is 17.6 Å². The predicted octanol–water partition coefficient (Wildman–Crippen LogP) is 2.31. The molecule has 0 saturated heterocycles. The highest BCUT2D eigenvalue weighted by Gasteiger charge is 2.16. The monoisotopic (exact) mass is 279 g/mol. The average molecular weight is 279 g/mol. The minimum absolute atomic E-state index is 0.00567. The summed E-state index contributed by atoms with van der Waals surface area (Å²) in [6.45, 7) is 4.49. The Hall–Kier alpha value is -1.88. The second kappa shape index (κ2) is 7.53. The summed E-state index contributed by atoms with van der Waals surface area (Å²) >= 11 is 1.54. The molecule has 1 aromatic heterocycles. The number of ether oxygens (including phenoxy) is 1. The lowest BCUT2D eigenvalue weighted by Crippen LogP contribution is -2.17. The first-order chi connectivity index (χ1) is 9.08. The van der Waals surface area contributed by atoms with Gasteiger partial charge >= 0.3 is 5.97 Å². The van der Waals surface area contributed by atoms with Crippen molar-refractivity contribution in [3.63, 3.8) is 0 Å². The van der Waals surface area contributed by atoms with Gasteiger partial charge in [-0.2, -0.15) is 0 Å². The second-order valence-corrected chi connectivity index (χ2v) is 4.77. The Labute approximate surface area is 116 Å². The van der Waals surface area contributed by atoms with Crippen LogP contribution in [0, 0.1) is 6.92 Å². The first-order valence-electron chi connectivity index (χ1n) is 5.88. The first kappa shape index (κ1) is 15.2. The maximum atomic E-state index is 11.9. The Balaban J connectivity index is 2.82. The van der Waals surface area contributed by atoms with Crippen LogP contribution in [0.5, 0.6) is 0 Å². The van der Waals surface area contributed by atoms with Gasteiger partial charge in [-0.25, -0.2) is 4.79 Å². The van der Waals surface area contributed by atoms with Crippen molar-refractivity contribution in [3.05, 3.63) is 39.7 Å². The zero-order valence-electron chi connectivity index (χ0n) is 11.2. The number of ketones is 1. The van der Waals surface area contributed by atoms with Gasteiger partial charge in [0.15, 0.2) is 5.78 Å². The Morgan fingerprint density at radius 1 is 1.47 bits per heavy atom. The normalized spacial score (nSPS) is 11.6. The smallest absolute Gasteiger partial charge is 0.343 e. The fourth-order valence-electron chi connectivity index (χ4n) is 1.33. The van der Waals surface area contributed by atoms with Gasteiger partial charge in [0.25, 0.3) is 0 Å². The quantitative estimate of drug-likeness (QED) is 0.376. The third-order valence-corrected chi connectivity index (χ3v) is 3.29. The van der Waals surface area contributed by atoms with Crippen LogP contribution in [0.2, 0.25) is 0 Å². The standard InChI is InChI=1S/C14H17NO3S/c1-4-15-8-12(14(17)18-3)13(16)6-5-11-7-10(2)9-19-11/h5-9,15H,4H2,1-3H3. The molecule has 1 N–H and O–H groups in total. The molecule has 0 bridgehead atoms. The van der Waals surface area contributed by atoms with Gasteiger partial charge in [-0.3, -0.25) is 4.79 Å². The molecule has 0 aliphatic rings. The van der Waals surface area contributed by atoms with E-state index in [0.717, 1.165) is 10.4 Å². The summed E-state index contributed by atoms with van der Waals surface area (Å²) in [5.41, 5.74) is 1.14. The van der Waals surface area contributed by atoms with Gasteiger partial charge < -0.3 is 10.1 Å². The minimum atomic E-state index is -0.641. The third-order valence-electron chi connectivity index (χ3n) is 2.27. The van der Waals surface area contributed by atoms with E-state index in [1.165, 1.54) is 19.4 Å². The molecule has 0 atom stereocenters. The molecule has 1 rings (SSSR count). The molecule has 0 aliphatic carbocycles. The van der Waals surface area contributed by atoms with Crippen molar-refractivity contribution >= 4 is 29.2 Å². The maximum Gasteiger partial charge on any atom is 0.343 e. The van der Waals surface area contributed by atoms with Gasteiger partial charge in [-0.05, 0) is 43.0 Å². The molecule has 0 aliphatic heterocycles. The molecule has 1 heterocycles. The zero-order valence-corrected chi connectivity index (χ0v) is 12.0. The molecule has 102 valence electrons. The molecular formula is C14H17NO3S. The van der Waals surface area contributed by atoms with E-state index in [4.69, 9.17) is 0 Å². The van der Waals surface area contributed by atoms with E-state index in [9.17, 15) is 9.59 Å². The molecule has 0 radical (unpaired) electrons. The number of rotatable bonds is 6. The van der Waals surface area contributed by atoms with Gasteiger partial charge in [0.2, 0.25) is 0 Å². The molecular weight excluding hydrogens is 262 g/mol. The van der Waals surface area contributed by atoms with Gasteiger partial charge in [-0.1, -0.05) is 0 Å². The zero-order chi connectivity index (χ0) is 14.3. The number of thiophene rings is 1. The van der Waals surface area contributed by atoms with E-state index < -0.39 is 5.97 Å². The minimum Gasteiger partial charge on any atom is -0.465 e. The van der Waals surface area contributed by atoms with E-state index in [1.54, 1.807) is 17.4 Å². The number of hydrogen-bond acceptors (Lipinski definition) is 5. The van der Waals surface area contributed by atoms with Crippen LogP contribution in [0.4, 0.5) is 0 Å². The van der Waals surface area contributed by atoms with Crippen LogP contribution < -0.4 is 5.32 Å². The molecule has 0 aromatic carbocycles. The average Bonchev–Trinajstić information content (AvgIpc) is 2.82. The summed E-state index contributed by atoms with van der Waals surface area (Å²) in [4.78, 5) is 24.4. The van der Waals surface area contributed by atoms with Crippen LogP contribution in [0.15, 0.2) is 29.3 Å². The molecule has 0 fully saturated rings. The van der Waals surface area contributed by atoms with Crippen LogP contribution in [0.3, 0.4) is 0 Å². The highest BCUT2D eigenvalue weighted by molar-refractivity contribution is 7.11.